The van der Waals surface area contributed by atoms with Gasteiger partial charge in [0.1, 0.15) is 5.75 Å². The van der Waals surface area contributed by atoms with Crippen LogP contribution < -0.4 is 0 Å². The number of rotatable bonds is 0. The summed E-state index contributed by atoms with van der Waals surface area (Å²) in [5.41, 5.74) is 1.34. The van der Waals surface area contributed by atoms with Gasteiger partial charge >= 0.3 is 0 Å². The lowest BCUT2D eigenvalue weighted by Crippen LogP contribution is -1.92. The summed E-state index contributed by atoms with van der Waals surface area (Å²) in [6.07, 6.45) is 3.47. The predicted octanol–water partition coefficient (Wildman–Crippen LogP) is 1.48. The van der Waals surface area contributed by atoms with Crippen LogP contribution in [-0.2, 0) is 0 Å². The second-order valence-electron chi connectivity index (χ2n) is 3.15. The number of pyridine rings is 1. The number of aromatic nitrogens is 1. The second kappa shape index (κ2) is 2.30. The number of hydrogen-bond acceptors (Lipinski definition) is 3. The third-order valence-corrected chi connectivity index (χ3v) is 2.26. The van der Waals surface area contributed by atoms with Gasteiger partial charge in [0.2, 0.25) is 0 Å². The molecule has 1 aromatic rings. The Morgan fingerprint density at radius 2 is 2.33 bits per heavy atom. The average Bonchev–Trinajstić information content (AvgIpc) is 2.29. The molecule has 1 atom stereocenters. The van der Waals surface area contributed by atoms with Crippen LogP contribution >= 0.6 is 0 Å². The fraction of sp³-hybridized carbons (Fsp3) is 0.333. The SMILES string of the molecule is CC1CC(=O)c2c(O)cncc21. The van der Waals surface area contributed by atoms with E-state index in [9.17, 15) is 9.90 Å². The number of ketones is 1. The van der Waals surface area contributed by atoms with Crippen LogP contribution in [0.5, 0.6) is 5.75 Å². The summed E-state index contributed by atoms with van der Waals surface area (Å²) >= 11 is 0. The van der Waals surface area contributed by atoms with Gasteiger partial charge in [-0.05, 0) is 11.5 Å². The van der Waals surface area contributed by atoms with E-state index in [4.69, 9.17) is 0 Å². The fourth-order valence-corrected chi connectivity index (χ4v) is 1.63. The Balaban J connectivity index is 2.67. The molecule has 1 aliphatic carbocycles. The number of nitrogens with zero attached hydrogens (tertiary/aromatic N) is 1. The molecule has 1 heterocycles. The van der Waals surface area contributed by atoms with Crippen LogP contribution in [0.15, 0.2) is 12.4 Å². The first-order chi connectivity index (χ1) is 5.70. The number of carbonyl (C=O) groups excluding carboxylic acids is 1. The number of aromatic hydroxyl groups is 1. The maximum absolute atomic E-state index is 11.3. The second-order valence-corrected chi connectivity index (χ2v) is 3.15. The van der Waals surface area contributed by atoms with Gasteiger partial charge in [-0.25, -0.2) is 0 Å². The Hall–Kier alpha value is -1.38. The molecule has 1 N–H and O–H groups in total. The van der Waals surface area contributed by atoms with E-state index in [1.54, 1.807) is 6.20 Å². The van der Waals surface area contributed by atoms with Crippen LogP contribution in [0.3, 0.4) is 0 Å². The van der Waals surface area contributed by atoms with E-state index >= 15 is 0 Å². The third-order valence-electron chi connectivity index (χ3n) is 2.26. The van der Waals surface area contributed by atoms with Crippen molar-refractivity contribution in [3.63, 3.8) is 0 Å². The first kappa shape index (κ1) is 7.28. The molecule has 62 valence electrons. The molecule has 1 unspecified atom stereocenters. The van der Waals surface area contributed by atoms with Crippen LogP contribution in [0.2, 0.25) is 0 Å². The topological polar surface area (TPSA) is 50.2 Å². The molecule has 1 aliphatic rings. The minimum Gasteiger partial charge on any atom is -0.506 e. The largest absolute Gasteiger partial charge is 0.506 e. The highest BCUT2D eigenvalue weighted by Gasteiger charge is 2.28. The summed E-state index contributed by atoms with van der Waals surface area (Å²) in [5.74, 6) is 0.242. The van der Waals surface area contributed by atoms with Crippen LogP contribution in [0.4, 0.5) is 0 Å². The third kappa shape index (κ3) is 0.826. The first-order valence-corrected chi connectivity index (χ1v) is 3.90. The smallest absolute Gasteiger partial charge is 0.167 e. The summed E-state index contributed by atoms with van der Waals surface area (Å²) in [6.45, 7) is 1.96. The van der Waals surface area contributed by atoms with Crippen molar-refractivity contribution in [2.45, 2.75) is 19.3 Å². The van der Waals surface area contributed by atoms with Crippen LogP contribution in [0, 0.1) is 0 Å². The standard InChI is InChI=1S/C9H9NO2/c1-5-2-7(11)9-6(5)3-10-4-8(9)12/h3-5,12H,2H2,1H3. The van der Waals surface area contributed by atoms with E-state index in [1.807, 2.05) is 6.92 Å². The minimum atomic E-state index is 0.0156. The molecule has 3 heteroatoms. The molecular formula is C9H9NO2. The molecule has 0 aromatic carbocycles. The van der Waals surface area contributed by atoms with Gasteiger partial charge < -0.3 is 5.11 Å². The first-order valence-electron chi connectivity index (χ1n) is 3.90. The number of carbonyl (C=O) groups is 1. The zero-order valence-corrected chi connectivity index (χ0v) is 6.74. The maximum Gasteiger partial charge on any atom is 0.167 e. The van der Waals surface area contributed by atoms with Gasteiger partial charge in [0, 0.05) is 12.6 Å². The van der Waals surface area contributed by atoms with E-state index < -0.39 is 0 Å². The maximum atomic E-state index is 11.3. The molecule has 0 saturated carbocycles. The molecule has 0 saturated heterocycles. The van der Waals surface area contributed by atoms with Crippen LogP contribution in [0.1, 0.15) is 35.2 Å². The van der Waals surface area contributed by atoms with Crippen molar-refractivity contribution in [1.82, 2.24) is 4.98 Å². The molecule has 0 bridgehead atoms. The van der Waals surface area contributed by atoms with Crippen molar-refractivity contribution < 1.29 is 9.90 Å². The quantitative estimate of drug-likeness (QED) is 0.630. The molecule has 1 aromatic heterocycles. The molecule has 0 spiro atoms. The predicted molar refractivity (Wildman–Crippen MR) is 43.3 cm³/mol. The van der Waals surface area contributed by atoms with Crippen LogP contribution in [-0.4, -0.2) is 15.9 Å². The zero-order valence-electron chi connectivity index (χ0n) is 6.74. The van der Waals surface area contributed by atoms with Gasteiger partial charge in [0.05, 0.1) is 11.8 Å². The van der Waals surface area contributed by atoms with Crippen molar-refractivity contribution >= 4 is 5.78 Å². The lowest BCUT2D eigenvalue weighted by Gasteiger charge is -2.01. The van der Waals surface area contributed by atoms with Crippen molar-refractivity contribution in [3.05, 3.63) is 23.5 Å². The van der Waals surface area contributed by atoms with E-state index in [0.717, 1.165) is 5.56 Å². The average molecular weight is 163 g/mol. The highest BCUT2D eigenvalue weighted by molar-refractivity contribution is 6.03. The highest BCUT2D eigenvalue weighted by atomic mass is 16.3. The van der Waals surface area contributed by atoms with Crippen molar-refractivity contribution in [1.29, 1.82) is 0 Å². The molecular weight excluding hydrogens is 154 g/mol. The van der Waals surface area contributed by atoms with Crippen molar-refractivity contribution in [2.75, 3.05) is 0 Å². The van der Waals surface area contributed by atoms with E-state index in [1.165, 1.54) is 6.20 Å². The molecule has 0 fully saturated rings. The number of fused-ring (bicyclic) bond motifs is 1. The number of hydrogen-bond donors (Lipinski definition) is 1. The molecule has 0 radical (unpaired) electrons. The van der Waals surface area contributed by atoms with Crippen molar-refractivity contribution in [3.8, 4) is 5.75 Å². The highest BCUT2D eigenvalue weighted by Crippen LogP contribution is 2.36. The van der Waals surface area contributed by atoms with E-state index in [0.29, 0.717) is 12.0 Å². The van der Waals surface area contributed by atoms with Gasteiger partial charge in [-0.1, -0.05) is 6.92 Å². The zero-order chi connectivity index (χ0) is 8.72. The Morgan fingerprint density at radius 3 is 3.00 bits per heavy atom. The summed E-state index contributed by atoms with van der Waals surface area (Å²) in [5, 5.41) is 9.34. The van der Waals surface area contributed by atoms with Gasteiger partial charge in [-0.15, -0.1) is 0 Å². The summed E-state index contributed by atoms with van der Waals surface area (Å²) in [7, 11) is 0. The van der Waals surface area contributed by atoms with Gasteiger partial charge in [0.25, 0.3) is 0 Å². The Kier molecular flexibility index (Phi) is 1.40. The van der Waals surface area contributed by atoms with Gasteiger partial charge in [-0.3, -0.25) is 9.78 Å². The summed E-state index contributed by atoms with van der Waals surface area (Å²) < 4.78 is 0. The lowest BCUT2D eigenvalue weighted by atomic mass is 10.1. The van der Waals surface area contributed by atoms with Gasteiger partial charge in [-0.2, -0.15) is 0 Å². The fourth-order valence-electron chi connectivity index (χ4n) is 1.63. The molecule has 12 heavy (non-hydrogen) atoms. The summed E-state index contributed by atoms with van der Waals surface area (Å²) in [4.78, 5) is 15.1. The molecule has 0 amide bonds. The molecule has 0 aliphatic heterocycles. The van der Waals surface area contributed by atoms with E-state index in [2.05, 4.69) is 4.98 Å². The van der Waals surface area contributed by atoms with Crippen molar-refractivity contribution in [2.24, 2.45) is 0 Å². The Morgan fingerprint density at radius 1 is 1.58 bits per heavy atom. The Bertz CT molecular complexity index is 346. The minimum absolute atomic E-state index is 0.0156. The van der Waals surface area contributed by atoms with E-state index in [-0.39, 0.29) is 17.5 Å². The normalized spacial score (nSPS) is 21.1. The van der Waals surface area contributed by atoms with Crippen LogP contribution in [0.25, 0.3) is 0 Å². The Labute approximate surface area is 70.1 Å². The molecule has 3 nitrogen and oxygen atoms in total. The molecule has 2 rings (SSSR count). The monoisotopic (exact) mass is 163 g/mol. The number of Topliss-reactive ketones (excluding diaryl/α,β-unsaturated/α-hetero) is 1. The lowest BCUT2D eigenvalue weighted by molar-refractivity contribution is 0.0988. The van der Waals surface area contributed by atoms with Gasteiger partial charge in [0.15, 0.2) is 5.78 Å². The summed E-state index contributed by atoms with van der Waals surface area (Å²) in [6, 6.07) is 0.